The summed E-state index contributed by atoms with van der Waals surface area (Å²) in [5, 5.41) is 2.26. The van der Waals surface area contributed by atoms with Crippen molar-refractivity contribution in [1.29, 1.82) is 0 Å². The average Bonchev–Trinajstić information content (AvgIpc) is 2.47. The number of alkyl halides is 2. The average molecular weight is 424 g/mol. The van der Waals surface area contributed by atoms with Gasteiger partial charge in [-0.25, -0.2) is 27.9 Å². The number of halogens is 4. The zero-order valence-corrected chi connectivity index (χ0v) is 15.4. The SMILES string of the molecule is CC(C)(C)OC(=O)NC1=N[C@@](c2nc(Br)ccc2F)(C(F)F)COC1. The Morgan fingerprint density at radius 2 is 2.12 bits per heavy atom. The van der Waals surface area contributed by atoms with Crippen molar-refractivity contribution in [2.75, 3.05) is 13.2 Å². The number of rotatable bonds is 2. The van der Waals surface area contributed by atoms with Crippen LogP contribution in [-0.4, -0.2) is 42.2 Å². The first-order chi connectivity index (χ1) is 11.5. The summed E-state index contributed by atoms with van der Waals surface area (Å²) in [5.41, 5.74) is -3.71. The molecule has 0 saturated heterocycles. The van der Waals surface area contributed by atoms with Crippen LogP contribution < -0.4 is 5.32 Å². The maximum atomic E-state index is 14.1. The minimum Gasteiger partial charge on any atom is -0.444 e. The molecule has 25 heavy (non-hydrogen) atoms. The zero-order valence-electron chi connectivity index (χ0n) is 13.8. The topological polar surface area (TPSA) is 72.8 Å². The molecule has 0 bridgehead atoms. The highest BCUT2D eigenvalue weighted by Crippen LogP contribution is 2.36. The van der Waals surface area contributed by atoms with Crippen molar-refractivity contribution in [3.8, 4) is 0 Å². The van der Waals surface area contributed by atoms with E-state index in [2.05, 4.69) is 31.2 Å². The zero-order chi connectivity index (χ0) is 18.8. The normalized spacial score (nSPS) is 21.0. The van der Waals surface area contributed by atoms with Gasteiger partial charge in [-0.05, 0) is 48.8 Å². The smallest absolute Gasteiger partial charge is 0.413 e. The van der Waals surface area contributed by atoms with Crippen LogP contribution in [0.25, 0.3) is 0 Å². The van der Waals surface area contributed by atoms with Crippen molar-refractivity contribution in [1.82, 2.24) is 10.3 Å². The van der Waals surface area contributed by atoms with Crippen molar-refractivity contribution < 1.29 is 27.4 Å². The van der Waals surface area contributed by atoms with E-state index in [0.29, 0.717) is 0 Å². The number of amides is 1. The summed E-state index contributed by atoms with van der Waals surface area (Å²) in [6.45, 7) is 4.15. The van der Waals surface area contributed by atoms with Crippen molar-refractivity contribution in [3.63, 3.8) is 0 Å². The van der Waals surface area contributed by atoms with E-state index in [-0.39, 0.29) is 17.0 Å². The second kappa shape index (κ2) is 7.28. The number of hydrogen-bond donors (Lipinski definition) is 1. The van der Waals surface area contributed by atoms with Crippen LogP contribution in [0.5, 0.6) is 0 Å². The monoisotopic (exact) mass is 423 g/mol. The third-order valence-electron chi connectivity index (χ3n) is 3.12. The largest absolute Gasteiger partial charge is 0.444 e. The van der Waals surface area contributed by atoms with E-state index in [4.69, 9.17) is 9.47 Å². The minimum atomic E-state index is -3.11. The molecule has 1 aromatic heterocycles. The lowest BCUT2D eigenvalue weighted by Gasteiger charge is -2.33. The molecule has 1 N–H and O–H groups in total. The summed E-state index contributed by atoms with van der Waals surface area (Å²) in [7, 11) is 0. The van der Waals surface area contributed by atoms with Crippen LogP contribution in [0, 0.1) is 5.82 Å². The van der Waals surface area contributed by atoms with E-state index in [9.17, 15) is 18.0 Å². The van der Waals surface area contributed by atoms with Gasteiger partial charge in [0, 0.05) is 0 Å². The Morgan fingerprint density at radius 3 is 2.72 bits per heavy atom. The van der Waals surface area contributed by atoms with E-state index in [1.165, 1.54) is 6.07 Å². The third-order valence-corrected chi connectivity index (χ3v) is 3.57. The lowest BCUT2D eigenvalue weighted by molar-refractivity contribution is -0.0180. The van der Waals surface area contributed by atoms with Gasteiger partial charge in [0.15, 0.2) is 5.54 Å². The Kier molecular flexibility index (Phi) is 5.72. The minimum absolute atomic E-state index is 0.173. The molecular weight excluding hydrogens is 407 g/mol. The second-order valence-electron chi connectivity index (χ2n) is 6.37. The number of carbonyl (C=O) groups is 1. The first-order valence-corrected chi connectivity index (χ1v) is 8.10. The number of aromatic nitrogens is 1. The standard InChI is InChI=1S/C15H17BrF3N3O3/c1-14(2,3)25-13(23)21-10-6-24-7-15(22-10,12(18)19)11-8(17)4-5-9(16)20-11/h4-5,12H,6-7H2,1-3H3,(H,21,22,23)/t15-/m0/s1. The van der Waals surface area contributed by atoms with Gasteiger partial charge in [-0.1, -0.05) is 0 Å². The fourth-order valence-corrected chi connectivity index (χ4v) is 2.46. The molecule has 6 nitrogen and oxygen atoms in total. The molecule has 138 valence electrons. The Morgan fingerprint density at radius 1 is 1.44 bits per heavy atom. The van der Waals surface area contributed by atoms with Gasteiger partial charge < -0.3 is 9.47 Å². The van der Waals surface area contributed by atoms with Crippen LogP contribution in [0.3, 0.4) is 0 Å². The summed E-state index contributed by atoms with van der Waals surface area (Å²) in [5.74, 6) is -1.14. The molecule has 1 aliphatic heterocycles. The summed E-state index contributed by atoms with van der Waals surface area (Å²) >= 11 is 3.02. The number of nitrogens with zero attached hydrogens (tertiary/aromatic N) is 2. The summed E-state index contributed by atoms with van der Waals surface area (Å²) in [6.07, 6.45) is -3.98. The number of ether oxygens (including phenoxy) is 2. The number of alkyl carbamates (subject to hydrolysis) is 1. The van der Waals surface area contributed by atoms with Gasteiger partial charge in [-0.3, -0.25) is 5.32 Å². The van der Waals surface area contributed by atoms with Gasteiger partial charge in [0.05, 0.1) is 6.61 Å². The molecule has 2 rings (SSSR count). The quantitative estimate of drug-likeness (QED) is 0.739. The van der Waals surface area contributed by atoms with Crippen LogP contribution >= 0.6 is 15.9 Å². The number of hydrogen-bond acceptors (Lipinski definition) is 5. The van der Waals surface area contributed by atoms with Crippen molar-refractivity contribution in [3.05, 3.63) is 28.2 Å². The van der Waals surface area contributed by atoms with Crippen molar-refractivity contribution in [2.45, 2.75) is 38.3 Å². The van der Waals surface area contributed by atoms with E-state index >= 15 is 0 Å². The highest BCUT2D eigenvalue weighted by atomic mass is 79.9. The second-order valence-corrected chi connectivity index (χ2v) is 7.18. The molecule has 0 fully saturated rings. The molecular formula is C15H17BrF3N3O3. The predicted molar refractivity (Wildman–Crippen MR) is 87.2 cm³/mol. The van der Waals surface area contributed by atoms with Crippen LogP contribution in [0.1, 0.15) is 26.5 Å². The molecule has 0 aromatic carbocycles. The maximum absolute atomic E-state index is 14.1. The Balaban J connectivity index is 2.38. The molecule has 1 aromatic rings. The van der Waals surface area contributed by atoms with Crippen LogP contribution in [0.4, 0.5) is 18.0 Å². The van der Waals surface area contributed by atoms with Crippen molar-refractivity contribution >= 4 is 27.9 Å². The molecule has 0 spiro atoms. The number of amidine groups is 1. The molecule has 1 atom stereocenters. The molecule has 1 amide bonds. The highest BCUT2D eigenvalue weighted by molar-refractivity contribution is 9.10. The van der Waals surface area contributed by atoms with Gasteiger partial charge in [-0.2, -0.15) is 0 Å². The molecule has 2 heterocycles. The third kappa shape index (κ3) is 4.69. The van der Waals surface area contributed by atoms with Gasteiger partial charge >= 0.3 is 6.09 Å². The Hall–Kier alpha value is -1.68. The fourth-order valence-electron chi connectivity index (χ4n) is 2.15. The van der Waals surface area contributed by atoms with E-state index in [0.717, 1.165) is 6.07 Å². The van der Waals surface area contributed by atoms with Crippen molar-refractivity contribution in [2.24, 2.45) is 4.99 Å². The Labute approximate surface area is 150 Å². The number of nitrogens with one attached hydrogen (secondary N) is 1. The van der Waals surface area contributed by atoms with Gasteiger partial charge in [-0.15, -0.1) is 0 Å². The molecule has 1 aliphatic rings. The maximum Gasteiger partial charge on any atom is 0.413 e. The first kappa shape index (κ1) is 19.6. The number of pyridine rings is 1. The van der Waals surface area contributed by atoms with Gasteiger partial charge in [0.25, 0.3) is 6.43 Å². The number of carbonyl (C=O) groups excluding carboxylic acids is 1. The summed E-state index contributed by atoms with van der Waals surface area (Å²) < 4.78 is 52.1. The number of aliphatic imine (C=N–C) groups is 1. The molecule has 0 saturated carbocycles. The molecule has 0 radical (unpaired) electrons. The summed E-state index contributed by atoms with van der Waals surface area (Å²) in [4.78, 5) is 19.5. The predicted octanol–water partition coefficient (Wildman–Crippen LogP) is 3.40. The lowest BCUT2D eigenvalue weighted by atomic mass is 9.95. The fraction of sp³-hybridized carbons (Fsp3) is 0.533. The molecule has 10 heteroatoms. The van der Waals surface area contributed by atoms with Crippen LogP contribution in [-0.2, 0) is 15.0 Å². The van der Waals surface area contributed by atoms with E-state index < -0.39 is 41.8 Å². The lowest BCUT2D eigenvalue weighted by Crippen LogP contribution is -2.48. The Bertz CT molecular complexity index is 694. The van der Waals surface area contributed by atoms with Crippen LogP contribution in [0.2, 0.25) is 0 Å². The summed E-state index contributed by atoms with van der Waals surface area (Å²) in [6, 6.07) is 2.28. The van der Waals surface area contributed by atoms with E-state index in [1.54, 1.807) is 20.8 Å². The highest BCUT2D eigenvalue weighted by Gasteiger charge is 2.48. The van der Waals surface area contributed by atoms with Gasteiger partial charge in [0.1, 0.15) is 34.2 Å². The molecule has 0 unspecified atom stereocenters. The van der Waals surface area contributed by atoms with E-state index in [1.807, 2.05) is 0 Å². The molecule has 0 aliphatic carbocycles. The first-order valence-electron chi connectivity index (χ1n) is 7.31. The van der Waals surface area contributed by atoms with Crippen LogP contribution in [0.15, 0.2) is 21.7 Å². The van der Waals surface area contributed by atoms with Gasteiger partial charge in [0.2, 0.25) is 0 Å².